The third kappa shape index (κ3) is 5.19. The number of fused-ring (bicyclic) bond motifs is 10. The Kier molecular flexibility index (Phi) is 7.95. The molecule has 4 aliphatic heterocycles. The highest BCUT2D eigenvalue weighted by Crippen LogP contribution is 2.66. The van der Waals surface area contributed by atoms with Crippen LogP contribution in [0.1, 0.15) is 117 Å². The predicted octanol–water partition coefficient (Wildman–Crippen LogP) is 6.88. The fraction of sp³-hybridized carbons (Fsp3) is 0.600. The number of rotatable bonds is 6. The molecule has 1 N–H and O–H groups in total. The van der Waals surface area contributed by atoms with Crippen molar-refractivity contribution in [2.45, 2.75) is 119 Å². The standard InChI is InChI=1S/C40H50N4O4S/c1-42-22-28-15-14-27(42)23-43(28)39(46)40-21-34(40)33-20-29(48-2)16-18-31(33)37-36(25-9-5-3-6-10-25)32-17-13-26(19-35(32)44(37)24-40)38(45)41-49(47)30-11-7-4-8-12-30/h13,16-20,25,27-28,30,34H,3-12,14-15,21-24H2,1-2H3,(H,41,45). The average Bonchev–Trinajstić information content (AvgIpc) is 3.81. The number of amides is 2. The van der Waals surface area contributed by atoms with Crippen molar-refractivity contribution in [2.24, 2.45) is 5.41 Å². The maximum atomic E-state index is 15.0. The minimum Gasteiger partial charge on any atom is -0.497 e. The zero-order chi connectivity index (χ0) is 33.4. The lowest BCUT2D eigenvalue weighted by Gasteiger charge is -2.51. The number of benzene rings is 2. The second kappa shape index (κ2) is 12.3. The van der Waals surface area contributed by atoms with Gasteiger partial charge < -0.3 is 14.2 Å². The van der Waals surface area contributed by atoms with Gasteiger partial charge in [-0.25, -0.2) is 4.21 Å². The number of carbonyl (C=O) groups is 2. The normalized spacial score (nSPS) is 29.1. The second-order valence-corrected chi connectivity index (χ2v) is 17.5. The highest BCUT2D eigenvalue weighted by Gasteiger charge is 2.65. The molecule has 3 aliphatic carbocycles. The number of carbonyl (C=O) groups excluding carboxylic acids is 2. The third-order valence-electron chi connectivity index (χ3n) is 13.3. The molecule has 3 saturated heterocycles. The SMILES string of the molecule is COc1ccc2c(c1)C1CC1(C(=O)N1CC3CCC1CN3C)Cn1c-2c(C2CCCCC2)c2ccc(C(=O)NS(=O)C3CCCCC3)cc21. The number of hydrogen-bond donors (Lipinski definition) is 1. The van der Waals surface area contributed by atoms with Crippen molar-refractivity contribution in [2.75, 3.05) is 27.2 Å². The summed E-state index contributed by atoms with van der Waals surface area (Å²) in [6, 6.07) is 13.3. The van der Waals surface area contributed by atoms with Gasteiger partial charge in [-0.3, -0.25) is 19.2 Å². The van der Waals surface area contributed by atoms with Crippen LogP contribution in [0, 0.1) is 5.41 Å². The molecule has 2 amide bonds. The zero-order valence-electron chi connectivity index (χ0n) is 29.0. The summed E-state index contributed by atoms with van der Waals surface area (Å²) in [5.41, 5.74) is 6.07. The van der Waals surface area contributed by atoms with Crippen LogP contribution in [0.25, 0.3) is 22.2 Å². The molecule has 10 rings (SSSR count). The molecule has 260 valence electrons. The first-order valence-electron chi connectivity index (χ1n) is 18.9. The van der Waals surface area contributed by atoms with Gasteiger partial charge in [0.15, 0.2) is 0 Å². The van der Waals surface area contributed by atoms with E-state index in [2.05, 4.69) is 50.4 Å². The molecule has 5 atom stereocenters. The Morgan fingerprint density at radius 1 is 0.898 bits per heavy atom. The molecule has 3 aromatic rings. The van der Waals surface area contributed by atoms with Gasteiger partial charge in [-0.1, -0.05) is 44.6 Å². The fourth-order valence-corrected chi connectivity index (χ4v) is 11.7. The van der Waals surface area contributed by atoms with E-state index in [4.69, 9.17) is 4.74 Å². The van der Waals surface area contributed by atoms with Gasteiger partial charge >= 0.3 is 0 Å². The van der Waals surface area contributed by atoms with E-state index in [-0.39, 0.29) is 23.1 Å². The van der Waals surface area contributed by atoms with Crippen molar-refractivity contribution in [1.29, 1.82) is 0 Å². The molecule has 5 unspecified atom stereocenters. The highest BCUT2D eigenvalue weighted by molar-refractivity contribution is 7.84. The van der Waals surface area contributed by atoms with Gasteiger partial charge in [-0.05, 0) is 99.4 Å². The number of piperazine rings is 1. The van der Waals surface area contributed by atoms with Crippen LogP contribution in [0.15, 0.2) is 36.4 Å². The summed E-state index contributed by atoms with van der Waals surface area (Å²) in [6.45, 7) is 2.37. The van der Waals surface area contributed by atoms with Crippen LogP contribution in [0.3, 0.4) is 0 Å². The molecule has 0 radical (unpaired) electrons. The first kappa shape index (κ1) is 31.8. The lowest BCUT2D eigenvalue weighted by molar-refractivity contribution is -0.147. The molecule has 5 heterocycles. The van der Waals surface area contributed by atoms with Crippen LogP contribution in [0.5, 0.6) is 5.75 Å². The summed E-state index contributed by atoms with van der Waals surface area (Å²) in [5, 5.41) is 1.22. The molecule has 0 spiro atoms. The number of hydrogen-bond acceptors (Lipinski definition) is 5. The van der Waals surface area contributed by atoms with Crippen molar-refractivity contribution >= 4 is 33.7 Å². The topological polar surface area (TPSA) is 83.9 Å². The van der Waals surface area contributed by atoms with Gasteiger partial charge in [0.1, 0.15) is 16.7 Å². The predicted molar refractivity (Wildman–Crippen MR) is 193 cm³/mol. The van der Waals surface area contributed by atoms with Gasteiger partial charge in [0.05, 0.1) is 23.5 Å². The molecule has 7 aliphatic rings. The monoisotopic (exact) mass is 682 g/mol. The summed E-state index contributed by atoms with van der Waals surface area (Å²) in [7, 11) is 2.53. The van der Waals surface area contributed by atoms with E-state index in [9.17, 15) is 13.8 Å². The maximum Gasteiger partial charge on any atom is 0.263 e. The number of ether oxygens (including phenoxy) is 1. The zero-order valence-corrected chi connectivity index (χ0v) is 29.9. The van der Waals surface area contributed by atoms with Crippen molar-refractivity contribution in [3.8, 4) is 17.0 Å². The Morgan fingerprint density at radius 3 is 2.37 bits per heavy atom. The molecular weight excluding hydrogens is 633 g/mol. The van der Waals surface area contributed by atoms with Crippen molar-refractivity contribution in [3.05, 3.63) is 53.1 Å². The lowest BCUT2D eigenvalue weighted by atomic mass is 9.81. The molecule has 3 saturated carbocycles. The van der Waals surface area contributed by atoms with E-state index >= 15 is 0 Å². The quantitative estimate of drug-likeness (QED) is 0.307. The first-order chi connectivity index (χ1) is 23.9. The molecule has 2 aromatic carbocycles. The van der Waals surface area contributed by atoms with Crippen molar-refractivity contribution in [1.82, 2.24) is 19.1 Å². The van der Waals surface area contributed by atoms with Crippen LogP contribution in [0.4, 0.5) is 0 Å². The van der Waals surface area contributed by atoms with E-state index in [1.54, 1.807) is 7.11 Å². The van der Waals surface area contributed by atoms with E-state index in [1.807, 2.05) is 12.1 Å². The molecule has 1 aromatic heterocycles. The van der Waals surface area contributed by atoms with Gasteiger partial charge in [0, 0.05) is 59.7 Å². The average molecular weight is 683 g/mol. The summed E-state index contributed by atoms with van der Waals surface area (Å²) in [5.74, 6) is 1.42. The molecule has 2 bridgehead atoms. The van der Waals surface area contributed by atoms with Crippen molar-refractivity contribution < 1.29 is 18.5 Å². The van der Waals surface area contributed by atoms with E-state index < -0.39 is 16.4 Å². The number of methoxy groups -OCH3 is 1. The lowest BCUT2D eigenvalue weighted by Crippen LogP contribution is -2.64. The summed E-state index contributed by atoms with van der Waals surface area (Å²) in [4.78, 5) is 33.4. The van der Waals surface area contributed by atoms with Crippen LogP contribution in [0.2, 0.25) is 0 Å². The Balaban J connectivity index is 1.18. The minimum atomic E-state index is -1.40. The Morgan fingerprint density at radius 2 is 1.65 bits per heavy atom. The van der Waals surface area contributed by atoms with Gasteiger partial charge in [-0.2, -0.15) is 0 Å². The van der Waals surface area contributed by atoms with Gasteiger partial charge in [0.25, 0.3) is 5.91 Å². The Labute approximate surface area is 292 Å². The van der Waals surface area contributed by atoms with Crippen LogP contribution in [-0.2, 0) is 22.3 Å². The van der Waals surface area contributed by atoms with E-state index in [0.29, 0.717) is 30.0 Å². The van der Waals surface area contributed by atoms with E-state index in [0.717, 1.165) is 82.1 Å². The molecule has 9 heteroatoms. The van der Waals surface area contributed by atoms with E-state index in [1.165, 1.54) is 53.5 Å². The smallest absolute Gasteiger partial charge is 0.263 e. The fourth-order valence-electron chi connectivity index (χ4n) is 10.5. The third-order valence-corrected chi connectivity index (χ3v) is 14.8. The Bertz CT molecular complexity index is 1840. The number of aromatic nitrogens is 1. The number of likely N-dealkylation sites (N-methyl/N-ethyl adjacent to an activating group) is 1. The van der Waals surface area contributed by atoms with Crippen LogP contribution < -0.4 is 9.46 Å². The van der Waals surface area contributed by atoms with Crippen molar-refractivity contribution in [3.63, 3.8) is 0 Å². The number of piperidine rings is 2. The summed E-state index contributed by atoms with van der Waals surface area (Å²) >= 11 is 0. The number of nitrogens with zero attached hydrogens (tertiary/aromatic N) is 3. The molecule has 8 nitrogen and oxygen atoms in total. The minimum absolute atomic E-state index is 0.0277. The summed E-state index contributed by atoms with van der Waals surface area (Å²) < 4.78 is 24.3. The highest BCUT2D eigenvalue weighted by atomic mass is 32.2. The van der Waals surface area contributed by atoms with Gasteiger partial charge in [0.2, 0.25) is 5.91 Å². The Hall–Kier alpha value is -3.17. The molecular formula is C40H50N4O4S. The maximum absolute atomic E-state index is 15.0. The molecule has 49 heavy (non-hydrogen) atoms. The number of nitrogens with one attached hydrogen (secondary N) is 1. The first-order valence-corrected chi connectivity index (χ1v) is 20.1. The van der Waals surface area contributed by atoms with Crippen LogP contribution in [-0.4, -0.2) is 75.0 Å². The molecule has 6 fully saturated rings. The summed E-state index contributed by atoms with van der Waals surface area (Å²) in [6.07, 6.45) is 14.2. The van der Waals surface area contributed by atoms with Gasteiger partial charge in [-0.15, -0.1) is 0 Å². The largest absolute Gasteiger partial charge is 0.497 e. The second-order valence-electron chi connectivity index (χ2n) is 16.1. The van der Waals surface area contributed by atoms with Crippen LogP contribution >= 0.6 is 0 Å².